The summed E-state index contributed by atoms with van der Waals surface area (Å²) in [6.45, 7) is -1.51. The van der Waals surface area contributed by atoms with Crippen molar-refractivity contribution in [3.05, 3.63) is 59.7 Å². The number of rotatable bonds is 44. The highest BCUT2D eigenvalue weighted by atomic mass is 16.4. The summed E-state index contributed by atoms with van der Waals surface area (Å²) in [5.74, 6) is -17.9. The number of benzene rings is 2. The third-order valence-electron chi connectivity index (χ3n) is 16.9. The maximum absolute atomic E-state index is 14.5. The first kappa shape index (κ1) is 88.4. The summed E-state index contributed by atoms with van der Waals surface area (Å²) >= 11 is 0. The van der Waals surface area contributed by atoms with Crippen LogP contribution in [0.25, 0.3) is 0 Å². The lowest BCUT2D eigenvalue weighted by atomic mass is 10.0. The van der Waals surface area contributed by atoms with E-state index in [1.807, 2.05) is 0 Å². The molecule has 594 valence electrons. The van der Waals surface area contributed by atoms with E-state index < -0.39 is 206 Å². The van der Waals surface area contributed by atoms with Crippen molar-refractivity contribution in [2.45, 2.75) is 170 Å². The fourth-order valence-electron chi connectivity index (χ4n) is 11.2. The van der Waals surface area contributed by atoms with Crippen LogP contribution in [0.15, 0.2) is 58.5 Å². The molecule has 2 aliphatic heterocycles. The average Bonchev–Trinajstić information content (AvgIpc) is 1.59. The molecule has 2 heterocycles. The molecule has 0 radical (unpaired) electrons. The second-order valence-electron chi connectivity index (χ2n) is 25.4. The summed E-state index contributed by atoms with van der Waals surface area (Å²) in [5.41, 5.74) is 33.5. The second kappa shape index (κ2) is 44.1. The van der Waals surface area contributed by atoms with E-state index in [-0.39, 0.29) is 119 Å². The van der Waals surface area contributed by atoms with Gasteiger partial charge in [-0.15, -0.1) is 0 Å². The standard InChI is InChI=1S/C65H97N21O22/c1-32(52(97)75-29-51(95)96)76-49(92)28-74-54(99)39(7-3-21-72-64(68)69)78-55(100)40(8-4-22-73-65(70)71)79-58(103)43(27-50(93)94)81-56(101)41(25-34-11-15-36(89)16-12-34)80-59(104)44(30-87)83-61(106)47-10-6-24-86(47)63(108)45(31-88)84-57(102)42(26-35-13-17-37(90)18-14-35)82-60(105)46-9-5-23-85(46)62(107)33(2)77-53(98)38(66)19-20-48(67)91/h11-18,32-33,38-47,87-90H,3-10,19-31,66H2,1-2H3,(H2,67,91)(H,74,99)(H,75,97)(H,76,92)(H,77,98)(H,78,100)(H,79,103)(H,80,104)(H,81,101)(H,82,105)(H,83,106)(H,84,102)(H,93,94)(H,95,96)(H4,68,69,72)(H4,70,71,73)/t32-,33-,38-,39-,40-,41-,42-,43-,44-,45-,46-,47-/m0/s1. The monoisotopic (exact) mass is 1520 g/mol. The molecule has 2 aromatic carbocycles. The predicted octanol–water partition coefficient (Wildman–Crippen LogP) is -10.3. The van der Waals surface area contributed by atoms with Crippen LogP contribution in [0, 0.1) is 0 Å². The number of nitrogens with one attached hydrogen (secondary N) is 11. The van der Waals surface area contributed by atoms with Gasteiger partial charge in [0.2, 0.25) is 82.7 Å². The van der Waals surface area contributed by atoms with E-state index in [1.165, 1.54) is 67.3 Å². The second-order valence-corrected chi connectivity index (χ2v) is 25.4. The molecule has 4 rings (SSSR count). The zero-order valence-corrected chi connectivity index (χ0v) is 59.4. The van der Waals surface area contributed by atoms with Crippen LogP contribution in [0.4, 0.5) is 0 Å². The summed E-state index contributed by atoms with van der Waals surface area (Å²) in [6.07, 6.45) is -2.37. The number of aromatic hydroxyl groups is 2. The van der Waals surface area contributed by atoms with E-state index in [4.69, 9.17) is 39.5 Å². The first-order valence-corrected chi connectivity index (χ1v) is 34.3. The lowest BCUT2D eigenvalue weighted by Gasteiger charge is -2.31. The Bertz CT molecular complexity index is 3600. The summed E-state index contributed by atoms with van der Waals surface area (Å²) in [7, 11) is 0. The number of aliphatic carboxylic acids is 2. The molecule has 0 aliphatic carbocycles. The molecule has 0 aromatic heterocycles. The number of carbonyl (C=O) groups excluding carboxylic acids is 14. The molecule has 43 heteroatoms. The van der Waals surface area contributed by atoms with Gasteiger partial charge >= 0.3 is 11.9 Å². The number of likely N-dealkylation sites (tertiary alicyclic amines) is 2. The smallest absolute Gasteiger partial charge is 0.322 e. The van der Waals surface area contributed by atoms with Crippen molar-refractivity contribution in [2.24, 2.45) is 44.4 Å². The SMILES string of the molecule is C[C@H](NC(=O)CNC(=O)[C@H](CCCN=C(N)N)NC(=O)[C@H](CCCN=C(N)N)NC(=O)[C@H](CC(=O)O)NC(=O)[C@H](Cc1ccc(O)cc1)NC(=O)[C@H](CO)NC(=O)[C@@H]1CCCN1C(=O)[C@H](CO)NC(=O)[C@H](Cc1ccc(O)cc1)NC(=O)[C@@H]1CCCN1C(=O)[C@H](C)NC(=O)[C@@H](N)CCC(N)=O)C(=O)NCC(=O)O. The number of carboxylic acids is 2. The third-order valence-corrected chi connectivity index (χ3v) is 16.9. The number of aliphatic hydroxyl groups is 2. The Morgan fingerprint density at radius 3 is 1.35 bits per heavy atom. The summed E-state index contributed by atoms with van der Waals surface area (Å²) < 4.78 is 0. The lowest BCUT2D eigenvalue weighted by molar-refractivity contribution is -0.144. The van der Waals surface area contributed by atoms with Gasteiger partial charge < -0.3 is 133 Å². The van der Waals surface area contributed by atoms with Gasteiger partial charge in [-0.3, -0.25) is 86.7 Å². The molecular weight excluding hydrogens is 1430 g/mol. The Hall–Kier alpha value is -12.0. The highest BCUT2D eigenvalue weighted by Gasteiger charge is 2.43. The number of guanidine groups is 2. The van der Waals surface area contributed by atoms with Gasteiger partial charge in [-0.1, -0.05) is 24.3 Å². The van der Waals surface area contributed by atoms with Gasteiger partial charge in [0.25, 0.3) is 0 Å². The summed E-state index contributed by atoms with van der Waals surface area (Å²) in [4.78, 5) is 224. The number of carbonyl (C=O) groups is 16. The van der Waals surface area contributed by atoms with E-state index in [0.717, 1.165) is 4.90 Å². The average molecular weight is 1520 g/mol. The highest BCUT2D eigenvalue weighted by molar-refractivity contribution is 6.01. The Morgan fingerprint density at radius 2 is 0.880 bits per heavy atom. The zero-order valence-electron chi connectivity index (χ0n) is 59.4. The van der Waals surface area contributed by atoms with Crippen LogP contribution in [0.1, 0.15) is 95.6 Å². The lowest BCUT2D eigenvalue weighted by Crippen LogP contribution is -2.61. The summed E-state index contributed by atoms with van der Waals surface area (Å²) in [6, 6.07) is -8.13. The van der Waals surface area contributed by atoms with E-state index in [0.29, 0.717) is 12.0 Å². The van der Waals surface area contributed by atoms with Crippen LogP contribution in [0.5, 0.6) is 11.5 Å². The minimum Gasteiger partial charge on any atom is -0.508 e. The minimum atomic E-state index is -2.09. The Kier molecular flexibility index (Phi) is 36.1. The quantitative estimate of drug-likeness (QED) is 0.0166. The molecule has 2 saturated heterocycles. The van der Waals surface area contributed by atoms with Gasteiger partial charge in [-0.2, -0.15) is 0 Å². The number of hydrogen-bond acceptors (Lipinski definition) is 23. The largest absolute Gasteiger partial charge is 0.508 e. The first-order valence-electron chi connectivity index (χ1n) is 34.3. The van der Waals surface area contributed by atoms with Crippen LogP contribution in [-0.2, 0) is 89.6 Å². The molecule has 29 N–H and O–H groups in total. The molecule has 2 fully saturated rings. The van der Waals surface area contributed by atoms with E-state index >= 15 is 0 Å². The Balaban J connectivity index is 1.55. The Labute approximate surface area is 618 Å². The van der Waals surface area contributed by atoms with Crippen molar-refractivity contribution >= 4 is 107 Å². The van der Waals surface area contributed by atoms with Crippen molar-refractivity contribution in [1.29, 1.82) is 0 Å². The fraction of sp³-hybridized carbons (Fsp3) is 0.538. The number of amides is 14. The van der Waals surface area contributed by atoms with Crippen LogP contribution >= 0.6 is 0 Å². The molecule has 0 saturated carbocycles. The van der Waals surface area contributed by atoms with Crippen molar-refractivity contribution in [3.63, 3.8) is 0 Å². The maximum Gasteiger partial charge on any atom is 0.322 e. The van der Waals surface area contributed by atoms with E-state index in [1.54, 1.807) is 0 Å². The van der Waals surface area contributed by atoms with Crippen molar-refractivity contribution in [2.75, 3.05) is 52.5 Å². The van der Waals surface area contributed by atoms with Gasteiger partial charge in [-0.25, -0.2) is 0 Å². The molecule has 2 aliphatic rings. The molecule has 2 aromatic rings. The topological polar surface area (TPSA) is 714 Å². The predicted molar refractivity (Wildman–Crippen MR) is 378 cm³/mol. The number of carboxylic acid groups (broad SMARTS) is 2. The van der Waals surface area contributed by atoms with E-state index in [9.17, 15) is 102 Å². The van der Waals surface area contributed by atoms with Gasteiger partial charge in [0.1, 0.15) is 84.5 Å². The molecule has 0 unspecified atom stereocenters. The number of aliphatic hydroxyl groups excluding tert-OH is 2. The first-order chi connectivity index (χ1) is 51.0. The molecular formula is C65H97N21O22. The van der Waals surface area contributed by atoms with E-state index in [2.05, 4.69) is 68.5 Å². The number of aliphatic imine (C=N–C) groups is 2. The summed E-state index contributed by atoms with van der Waals surface area (Å²) in [5, 5.41) is 86.1. The molecule has 43 nitrogen and oxygen atoms in total. The number of nitrogens with two attached hydrogens (primary N) is 6. The number of phenolic OH excluding ortho intramolecular Hbond substituents is 2. The van der Waals surface area contributed by atoms with Gasteiger partial charge in [0.15, 0.2) is 11.9 Å². The van der Waals surface area contributed by atoms with Crippen LogP contribution in [0.3, 0.4) is 0 Å². The van der Waals surface area contributed by atoms with Crippen molar-refractivity contribution in [3.8, 4) is 11.5 Å². The van der Waals surface area contributed by atoms with Crippen molar-refractivity contribution in [1.82, 2.24) is 68.3 Å². The number of primary amides is 1. The normalized spacial score (nSPS) is 16.5. The van der Waals surface area contributed by atoms with Gasteiger partial charge in [0, 0.05) is 45.4 Å². The van der Waals surface area contributed by atoms with Crippen LogP contribution in [-0.4, -0.2) is 272 Å². The van der Waals surface area contributed by atoms with Gasteiger partial charge in [-0.05, 0) is 107 Å². The highest BCUT2D eigenvalue weighted by Crippen LogP contribution is 2.22. The zero-order chi connectivity index (χ0) is 80.5. The van der Waals surface area contributed by atoms with Gasteiger partial charge in [0.05, 0.1) is 32.2 Å². The molecule has 0 spiro atoms. The molecule has 14 amide bonds. The van der Waals surface area contributed by atoms with Crippen molar-refractivity contribution < 1.29 is 107 Å². The maximum atomic E-state index is 14.5. The number of hydrogen-bond donors (Lipinski definition) is 23. The molecule has 0 bridgehead atoms. The molecule has 12 atom stereocenters. The number of nitrogens with zero attached hydrogens (tertiary/aromatic N) is 4. The van der Waals surface area contributed by atoms with Crippen LogP contribution in [0.2, 0.25) is 0 Å². The molecule has 108 heavy (non-hydrogen) atoms. The van der Waals surface area contributed by atoms with Crippen LogP contribution < -0.4 is 92.9 Å². The fourth-order valence-corrected chi connectivity index (χ4v) is 11.2. The third kappa shape index (κ3) is 29.9. The number of phenols is 2. The Morgan fingerprint density at radius 1 is 0.463 bits per heavy atom. The minimum absolute atomic E-state index is 0.0157.